The molecule has 0 bridgehead atoms. The Morgan fingerprint density at radius 3 is 2.43 bits per heavy atom. The van der Waals surface area contributed by atoms with E-state index in [1.54, 1.807) is 0 Å². The third-order valence-corrected chi connectivity index (χ3v) is 3.29. The average Bonchev–Trinajstić information content (AvgIpc) is 2.65. The molecule has 0 saturated carbocycles. The van der Waals surface area contributed by atoms with Gasteiger partial charge in [-0.05, 0) is 26.4 Å². The largest absolute Gasteiger partial charge is 0.304 e. The summed E-state index contributed by atoms with van der Waals surface area (Å²) in [6.45, 7) is 9.61. The molecular formula is C12H26N2. The fourth-order valence-corrected chi connectivity index (χ4v) is 2.15. The SMILES string of the molecule is CCCC.CN1CCN2CCC[C@H]2C1. The van der Waals surface area contributed by atoms with Crippen molar-refractivity contribution in [2.24, 2.45) is 0 Å². The maximum absolute atomic E-state index is 2.64. The van der Waals surface area contributed by atoms with Gasteiger partial charge in [-0.1, -0.05) is 26.7 Å². The van der Waals surface area contributed by atoms with E-state index < -0.39 is 0 Å². The summed E-state index contributed by atoms with van der Waals surface area (Å²) in [4.78, 5) is 5.09. The Morgan fingerprint density at radius 1 is 1.07 bits per heavy atom. The molecule has 2 heterocycles. The molecule has 2 aliphatic rings. The van der Waals surface area contributed by atoms with E-state index in [2.05, 4.69) is 30.7 Å². The van der Waals surface area contributed by atoms with E-state index in [9.17, 15) is 0 Å². The summed E-state index contributed by atoms with van der Waals surface area (Å²) in [6.07, 6.45) is 5.50. The molecule has 0 aromatic heterocycles. The van der Waals surface area contributed by atoms with Gasteiger partial charge in [0.05, 0.1) is 0 Å². The number of likely N-dealkylation sites (N-methyl/N-ethyl adjacent to an activating group) is 1. The van der Waals surface area contributed by atoms with Gasteiger partial charge in [0.2, 0.25) is 0 Å². The van der Waals surface area contributed by atoms with Crippen LogP contribution in [0.2, 0.25) is 0 Å². The molecule has 2 rings (SSSR count). The minimum absolute atomic E-state index is 0.902. The van der Waals surface area contributed by atoms with Crippen LogP contribution in [0.5, 0.6) is 0 Å². The second kappa shape index (κ2) is 6.41. The number of nitrogens with zero attached hydrogens (tertiary/aromatic N) is 2. The normalized spacial score (nSPS) is 28.1. The quantitative estimate of drug-likeness (QED) is 0.637. The van der Waals surface area contributed by atoms with Crippen molar-refractivity contribution in [2.75, 3.05) is 33.2 Å². The van der Waals surface area contributed by atoms with Crippen LogP contribution in [-0.4, -0.2) is 49.1 Å². The fourth-order valence-electron chi connectivity index (χ4n) is 2.15. The minimum atomic E-state index is 0.902. The van der Waals surface area contributed by atoms with Crippen LogP contribution in [0, 0.1) is 0 Å². The van der Waals surface area contributed by atoms with Gasteiger partial charge in [0.1, 0.15) is 0 Å². The van der Waals surface area contributed by atoms with Gasteiger partial charge in [-0.15, -0.1) is 0 Å². The Hall–Kier alpha value is -0.0800. The van der Waals surface area contributed by atoms with E-state index >= 15 is 0 Å². The average molecular weight is 198 g/mol. The summed E-state index contributed by atoms with van der Waals surface area (Å²) >= 11 is 0. The minimum Gasteiger partial charge on any atom is -0.304 e. The zero-order valence-electron chi connectivity index (χ0n) is 10.1. The van der Waals surface area contributed by atoms with Gasteiger partial charge >= 0.3 is 0 Å². The molecule has 2 saturated heterocycles. The van der Waals surface area contributed by atoms with Crippen molar-refractivity contribution in [3.63, 3.8) is 0 Å². The summed E-state index contributed by atoms with van der Waals surface area (Å²) < 4.78 is 0. The molecule has 0 amide bonds. The predicted molar refractivity (Wildman–Crippen MR) is 62.7 cm³/mol. The van der Waals surface area contributed by atoms with Crippen LogP contribution < -0.4 is 0 Å². The molecule has 1 atom stereocenters. The van der Waals surface area contributed by atoms with Crippen molar-refractivity contribution in [3.8, 4) is 0 Å². The number of hydrogen-bond donors (Lipinski definition) is 0. The van der Waals surface area contributed by atoms with Crippen molar-refractivity contribution in [3.05, 3.63) is 0 Å². The lowest BCUT2D eigenvalue weighted by Gasteiger charge is -2.35. The molecule has 2 fully saturated rings. The fraction of sp³-hybridized carbons (Fsp3) is 1.00. The Labute approximate surface area is 89.3 Å². The Bertz CT molecular complexity index is 145. The van der Waals surface area contributed by atoms with Crippen molar-refractivity contribution in [1.82, 2.24) is 9.80 Å². The maximum Gasteiger partial charge on any atom is 0.0224 e. The first kappa shape index (κ1) is 12.0. The molecule has 2 aliphatic heterocycles. The zero-order chi connectivity index (χ0) is 10.4. The van der Waals surface area contributed by atoms with E-state index in [0.717, 1.165) is 6.04 Å². The van der Waals surface area contributed by atoms with E-state index in [-0.39, 0.29) is 0 Å². The summed E-state index contributed by atoms with van der Waals surface area (Å²) in [5.41, 5.74) is 0. The molecule has 0 unspecified atom stereocenters. The lowest BCUT2D eigenvalue weighted by molar-refractivity contribution is 0.124. The molecule has 0 spiro atoms. The monoisotopic (exact) mass is 198 g/mol. The molecule has 0 N–H and O–H groups in total. The zero-order valence-corrected chi connectivity index (χ0v) is 10.1. The molecule has 0 aliphatic carbocycles. The lowest BCUT2D eigenvalue weighted by Crippen LogP contribution is -2.48. The van der Waals surface area contributed by atoms with E-state index in [0.29, 0.717) is 0 Å². The predicted octanol–water partition coefficient (Wildman–Crippen LogP) is 2.20. The Kier molecular flexibility index (Phi) is 5.49. The van der Waals surface area contributed by atoms with Crippen molar-refractivity contribution in [1.29, 1.82) is 0 Å². The van der Waals surface area contributed by atoms with Crippen LogP contribution in [-0.2, 0) is 0 Å². The van der Waals surface area contributed by atoms with Gasteiger partial charge in [-0.2, -0.15) is 0 Å². The van der Waals surface area contributed by atoms with Crippen LogP contribution >= 0.6 is 0 Å². The number of unbranched alkanes of at least 4 members (excludes halogenated alkanes) is 1. The topological polar surface area (TPSA) is 6.48 Å². The van der Waals surface area contributed by atoms with Crippen LogP contribution in [0.4, 0.5) is 0 Å². The van der Waals surface area contributed by atoms with Gasteiger partial charge in [0.25, 0.3) is 0 Å². The summed E-state index contributed by atoms with van der Waals surface area (Å²) in [5.74, 6) is 0. The molecule has 0 radical (unpaired) electrons. The molecule has 14 heavy (non-hydrogen) atoms. The number of rotatable bonds is 1. The highest BCUT2D eigenvalue weighted by atomic mass is 15.3. The number of piperazine rings is 1. The van der Waals surface area contributed by atoms with Crippen LogP contribution in [0.25, 0.3) is 0 Å². The van der Waals surface area contributed by atoms with Gasteiger partial charge in [-0.25, -0.2) is 0 Å². The second-order valence-electron chi connectivity index (χ2n) is 4.59. The smallest absolute Gasteiger partial charge is 0.0224 e. The second-order valence-corrected chi connectivity index (χ2v) is 4.59. The highest BCUT2D eigenvalue weighted by Gasteiger charge is 2.28. The van der Waals surface area contributed by atoms with Gasteiger partial charge in [0.15, 0.2) is 0 Å². The highest BCUT2D eigenvalue weighted by molar-refractivity contribution is 4.85. The van der Waals surface area contributed by atoms with Crippen molar-refractivity contribution in [2.45, 2.75) is 45.6 Å². The van der Waals surface area contributed by atoms with E-state index in [1.165, 1.54) is 51.9 Å². The first-order chi connectivity index (χ1) is 6.77. The number of fused-ring (bicyclic) bond motifs is 1. The molecule has 2 heteroatoms. The van der Waals surface area contributed by atoms with Crippen LogP contribution in [0.1, 0.15) is 39.5 Å². The van der Waals surface area contributed by atoms with Crippen LogP contribution in [0.3, 0.4) is 0 Å². The highest BCUT2D eigenvalue weighted by Crippen LogP contribution is 2.20. The Balaban J connectivity index is 0.000000213. The standard InChI is InChI=1S/C8H16N2.C4H10/c1-9-5-6-10-4-2-3-8(10)7-9;1-3-4-2/h8H,2-7H2,1H3;3-4H2,1-2H3/t8-;/m0./s1. The van der Waals surface area contributed by atoms with E-state index in [1.807, 2.05) is 0 Å². The lowest BCUT2D eigenvalue weighted by atomic mass is 10.2. The molecule has 2 nitrogen and oxygen atoms in total. The van der Waals surface area contributed by atoms with Gasteiger partial charge in [-0.3, -0.25) is 4.90 Å². The Morgan fingerprint density at radius 2 is 1.79 bits per heavy atom. The summed E-state index contributed by atoms with van der Waals surface area (Å²) in [6, 6.07) is 0.902. The van der Waals surface area contributed by atoms with Gasteiger partial charge < -0.3 is 4.90 Å². The molecule has 0 aromatic carbocycles. The van der Waals surface area contributed by atoms with Crippen LogP contribution in [0.15, 0.2) is 0 Å². The molecule has 0 aromatic rings. The molecular weight excluding hydrogens is 172 g/mol. The van der Waals surface area contributed by atoms with E-state index in [4.69, 9.17) is 0 Å². The summed E-state index contributed by atoms with van der Waals surface area (Å²) in [5, 5.41) is 0. The maximum atomic E-state index is 2.64. The first-order valence-electron chi connectivity index (χ1n) is 6.20. The van der Waals surface area contributed by atoms with Crippen molar-refractivity contribution < 1.29 is 0 Å². The van der Waals surface area contributed by atoms with Gasteiger partial charge in [0, 0.05) is 25.7 Å². The number of hydrogen-bond acceptors (Lipinski definition) is 2. The third-order valence-electron chi connectivity index (χ3n) is 3.29. The van der Waals surface area contributed by atoms with Crippen molar-refractivity contribution >= 4 is 0 Å². The first-order valence-corrected chi connectivity index (χ1v) is 6.20. The summed E-state index contributed by atoms with van der Waals surface area (Å²) in [7, 11) is 2.23. The third kappa shape index (κ3) is 3.58. The molecule has 84 valence electrons.